The molecule has 2 aromatic rings. The zero-order valence-electron chi connectivity index (χ0n) is 16.3. The number of aromatic nitrogens is 1. The van der Waals surface area contributed by atoms with Gasteiger partial charge in [0.1, 0.15) is 5.82 Å². The molecule has 2 N–H and O–H groups in total. The summed E-state index contributed by atoms with van der Waals surface area (Å²) in [7, 11) is 1.52. The molecule has 1 fully saturated rings. The zero-order chi connectivity index (χ0) is 19.8. The topological polar surface area (TPSA) is 83.6 Å². The first-order valence-corrected chi connectivity index (χ1v) is 9.87. The third kappa shape index (κ3) is 5.34. The zero-order valence-corrected chi connectivity index (χ0v) is 16.3. The normalized spacial score (nSPS) is 14.7. The molecule has 3 rings (SSSR count). The lowest BCUT2D eigenvalue weighted by Crippen LogP contribution is -2.35. The van der Waals surface area contributed by atoms with E-state index in [0.29, 0.717) is 12.5 Å². The van der Waals surface area contributed by atoms with Gasteiger partial charge in [0, 0.05) is 31.7 Å². The number of pyridine rings is 1. The van der Waals surface area contributed by atoms with E-state index >= 15 is 0 Å². The molecule has 2 heterocycles. The number of nitrogens with one attached hydrogen (secondary N) is 2. The second-order valence-corrected chi connectivity index (χ2v) is 7.09. The molecule has 1 aromatic carbocycles. The summed E-state index contributed by atoms with van der Waals surface area (Å²) < 4.78 is 5.12. The maximum absolute atomic E-state index is 11.5. The van der Waals surface area contributed by atoms with E-state index in [-0.39, 0.29) is 12.5 Å². The van der Waals surface area contributed by atoms with E-state index in [4.69, 9.17) is 4.74 Å². The molecule has 0 spiro atoms. The summed E-state index contributed by atoms with van der Waals surface area (Å²) in [6.45, 7) is 2.32. The van der Waals surface area contributed by atoms with Crippen LogP contribution in [0, 0.1) is 5.92 Å². The van der Waals surface area contributed by atoms with Gasteiger partial charge in [0.05, 0.1) is 13.2 Å². The Morgan fingerprint density at radius 1 is 1.21 bits per heavy atom. The number of carbonyl (C=O) groups excluding carboxylic acids is 2. The summed E-state index contributed by atoms with van der Waals surface area (Å²) >= 11 is 0. The standard InChI is InChI=1S/C21H28N4O3/c1-22-19(26)15-24-21(27)28-14-4-5-16-9-12-25(13-10-16)20-18-7-3-2-6-17(18)8-11-23-20/h2-3,6-8,11,16H,4-5,9-10,12-15H2,1H3,(H,22,26)(H,24,27). The molecule has 0 bridgehead atoms. The van der Waals surface area contributed by atoms with E-state index in [1.54, 1.807) is 0 Å². The van der Waals surface area contributed by atoms with Crippen LogP contribution in [0.3, 0.4) is 0 Å². The number of carbonyl (C=O) groups is 2. The van der Waals surface area contributed by atoms with Gasteiger partial charge < -0.3 is 20.3 Å². The minimum Gasteiger partial charge on any atom is -0.450 e. The number of likely N-dealkylation sites (N-methyl/N-ethyl adjacent to an activating group) is 1. The minimum atomic E-state index is -0.541. The number of hydrogen-bond acceptors (Lipinski definition) is 5. The van der Waals surface area contributed by atoms with Gasteiger partial charge in [-0.3, -0.25) is 4.79 Å². The highest BCUT2D eigenvalue weighted by Gasteiger charge is 2.21. The molecule has 28 heavy (non-hydrogen) atoms. The number of alkyl carbamates (subject to hydrolysis) is 1. The lowest BCUT2D eigenvalue weighted by molar-refractivity contribution is -0.119. The number of rotatable bonds is 7. The molecule has 0 radical (unpaired) electrons. The van der Waals surface area contributed by atoms with Crippen molar-refractivity contribution in [2.45, 2.75) is 25.7 Å². The summed E-state index contributed by atoms with van der Waals surface area (Å²) in [4.78, 5) is 29.6. The fourth-order valence-corrected chi connectivity index (χ4v) is 3.62. The molecule has 1 aromatic heterocycles. The molecule has 7 heteroatoms. The van der Waals surface area contributed by atoms with Crippen molar-refractivity contribution < 1.29 is 14.3 Å². The Bertz CT molecular complexity index is 798. The van der Waals surface area contributed by atoms with Crippen LogP contribution in [0.25, 0.3) is 10.8 Å². The molecule has 1 aliphatic rings. The molecule has 1 saturated heterocycles. The monoisotopic (exact) mass is 384 g/mol. The van der Waals surface area contributed by atoms with Crippen LogP contribution in [0.1, 0.15) is 25.7 Å². The predicted octanol–water partition coefficient (Wildman–Crippen LogP) is 2.70. The number of piperidine rings is 1. The highest BCUT2D eigenvalue weighted by atomic mass is 16.5. The Kier molecular flexibility index (Phi) is 7.06. The quantitative estimate of drug-likeness (QED) is 0.717. The average molecular weight is 384 g/mol. The van der Waals surface area contributed by atoms with Crippen LogP contribution in [0.5, 0.6) is 0 Å². The van der Waals surface area contributed by atoms with Crippen LogP contribution in [-0.4, -0.2) is 50.3 Å². The van der Waals surface area contributed by atoms with Crippen LogP contribution < -0.4 is 15.5 Å². The minimum absolute atomic E-state index is 0.0595. The molecular weight excluding hydrogens is 356 g/mol. The van der Waals surface area contributed by atoms with Crippen molar-refractivity contribution in [3.8, 4) is 0 Å². The molecule has 0 atom stereocenters. The SMILES string of the molecule is CNC(=O)CNC(=O)OCCCC1CCN(c2nccc3ccccc23)CC1. The van der Waals surface area contributed by atoms with Crippen LogP contribution >= 0.6 is 0 Å². The van der Waals surface area contributed by atoms with Gasteiger partial charge in [0.25, 0.3) is 0 Å². The van der Waals surface area contributed by atoms with E-state index in [1.165, 1.54) is 17.8 Å². The molecule has 150 valence electrons. The number of nitrogens with zero attached hydrogens (tertiary/aromatic N) is 2. The summed E-state index contributed by atoms with van der Waals surface area (Å²) in [5.74, 6) is 1.47. The Hall–Kier alpha value is -2.83. The van der Waals surface area contributed by atoms with E-state index in [2.05, 4.69) is 50.8 Å². The third-order valence-corrected chi connectivity index (χ3v) is 5.23. The Balaban J connectivity index is 1.38. The Morgan fingerprint density at radius 2 is 2.00 bits per heavy atom. The lowest BCUT2D eigenvalue weighted by Gasteiger charge is -2.33. The van der Waals surface area contributed by atoms with Gasteiger partial charge in [-0.25, -0.2) is 9.78 Å². The molecule has 1 aliphatic heterocycles. The fraction of sp³-hybridized carbons (Fsp3) is 0.476. The molecule has 2 amide bonds. The van der Waals surface area contributed by atoms with Crippen LogP contribution in [0.4, 0.5) is 10.6 Å². The van der Waals surface area contributed by atoms with Gasteiger partial charge in [-0.2, -0.15) is 0 Å². The first-order chi connectivity index (χ1) is 13.7. The molecule has 0 unspecified atom stereocenters. The van der Waals surface area contributed by atoms with E-state index in [1.807, 2.05) is 6.20 Å². The largest absolute Gasteiger partial charge is 0.450 e. The maximum atomic E-state index is 11.5. The van der Waals surface area contributed by atoms with Crippen molar-refractivity contribution in [2.24, 2.45) is 5.92 Å². The lowest BCUT2D eigenvalue weighted by atomic mass is 9.92. The Morgan fingerprint density at radius 3 is 2.79 bits per heavy atom. The third-order valence-electron chi connectivity index (χ3n) is 5.23. The van der Waals surface area contributed by atoms with Gasteiger partial charge in [0.2, 0.25) is 5.91 Å². The number of fused-ring (bicyclic) bond motifs is 1. The average Bonchev–Trinajstić information content (AvgIpc) is 2.75. The van der Waals surface area contributed by atoms with Crippen molar-refractivity contribution in [3.63, 3.8) is 0 Å². The number of amides is 2. The van der Waals surface area contributed by atoms with Crippen molar-refractivity contribution in [3.05, 3.63) is 36.5 Å². The van der Waals surface area contributed by atoms with Crippen LogP contribution in [0.2, 0.25) is 0 Å². The van der Waals surface area contributed by atoms with Gasteiger partial charge in [-0.1, -0.05) is 24.3 Å². The van der Waals surface area contributed by atoms with Gasteiger partial charge in [-0.05, 0) is 43.1 Å². The number of ether oxygens (including phenoxy) is 1. The van der Waals surface area contributed by atoms with E-state index < -0.39 is 6.09 Å². The fourth-order valence-electron chi connectivity index (χ4n) is 3.62. The molecule has 7 nitrogen and oxygen atoms in total. The van der Waals surface area contributed by atoms with Crippen molar-refractivity contribution >= 4 is 28.6 Å². The Labute approximate surface area is 165 Å². The summed E-state index contributed by atoms with van der Waals surface area (Å²) in [5, 5.41) is 7.29. The first kappa shape index (κ1) is 19.9. The first-order valence-electron chi connectivity index (χ1n) is 9.87. The summed E-state index contributed by atoms with van der Waals surface area (Å²) in [6, 6.07) is 10.4. The van der Waals surface area contributed by atoms with E-state index in [9.17, 15) is 9.59 Å². The van der Waals surface area contributed by atoms with Gasteiger partial charge >= 0.3 is 6.09 Å². The van der Waals surface area contributed by atoms with Crippen molar-refractivity contribution in [2.75, 3.05) is 38.2 Å². The summed E-state index contributed by atoms with van der Waals surface area (Å²) in [6.07, 6.45) is 5.46. The van der Waals surface area contributed by atoms with E-state index in [0.717, 1.165) is 44.6 Å². The van der Waals surface area contributed by atoms with Crippen molar-refractivity contribution in [1.29, 1.82) is 0 Å². The number of anilines is 1. The molecule has 0 saturated carbocycles. The number of benzene rings is 1. The molecular formula is C21H28N4O3. The second-order valence-electron chi connectivity index (χ2n) is 7.09. The van der Waals surface area contributed by atoms with Crippen molar-refractivity contribution in [1.82, 2.24) is 15.6 Å². The molecule has 0 aliphatic carbocycles. The smallest absolute Gasteiger partial charge is 0.407 e. The second kappa shape index (κ2) is 9.92. The number of hydrogen-bond donors (Lipinski definition) is 2. The summed E-state index contributed by atoms with van der Waals surface area (Å²) in [5.41, 5.74) is 0. The van der Waals surface area contributed by atoms with Crippen LogP contribution in [0.15, 0.2) is 36.5 Å². The predicted molar refractivity (Wildman–Crippen MR) is 109 cm³/mol. The highest BCUT2D eigenvalue weighted by Crippen LogP contribution is 2.29. The van der Waals surface area contributed by atoms with Gasteiger partial charge in [-0.15, -0.1) is 0 Å². The van der Waals surface area contributed by atoms with Gasteiger partial charge in [0.15, 0.2) is 0 Å². The highest BCUT2D eigenvalue weighted by molar-refractivity contribution is 5.92. The maximum Gasteiger partial charge on any atom is 0.407 e. The van der Waals surface area contributed by atoms with Crippen LogP contribution in [-0.2, 0) is 9.53 Å².